The van der Waals surface area contributed by atoms with E-state index in [1.807, 2.05) is 30.3 Å². The lowest BCUT2D eigenvalue weighted by atomic mass is 9.97. The molecule has 0 bridgehead atoms. The third kappa shape index (κ3) is 6.70. The molecule has 2 rings (SSSR count). The van der Waals surface area contributed by atoms with Gasteiger partial charge in [-0.25, -0.2) is 4.79 Å². The summed E-state index contributed by atoms with van der Waals surface area (Å²) in [4.78, 5) is 35.6. The van der Waals surface area contributed by atoms with E-state index in [0.717, 1.165) is 12.0 Å². The molecule has 1 aliphatic rings. The van der Waals surface area contributed by atoms with E-state index in [9.17, 15) is 14.4 Å². The van der Waals surface area contributed by atoms with Gasteiger partial charge in [-0.2, -0.15) is 0 Å². The average Bonchev–Trinajstić information content (AvgIpc) is 3.04. The Balaban J connectivity index is 1.91. The summed E-state index contributed by atoms with van der Waals surface area (Å²) >= 11 is 0. The van der Waals surface area contributed by atoms with Gasteiger partial charge in [0.2, 0.25) is 11.8 Å². The van der Waals surface area contributed by atoms with Gasteiger partial charge in [0.25, 0.3) is 0 Å². The first-order valence-corrected chi connectivity index (χ1v) is 9.04. The van der Waals surface area contributed by atoms with Gasteiger partial charge >= 0.3 is 5.97 Å². The molecular formula is C20H26N2O4. The molecule has 2 atom stereocenters. The molecule has 1 heterocycles. The molecule has 0 radical (unpaired) electrons. The van der Waals surface area contributed by atoms with Crippen LogP contribution in [0.3, 0.4) is 0 Å². The molecule has 0 spiro atoms. The molecule has 1 aromatic carbocycles. The fourth-order valence-electron chi connectivity index (χ4n) is 2.93. The van der Waals surface area contributed by atoms with Crippen LogP contribution in [0.4, 0.5) is 0 Å². The van der Waals surface area contributed by atoms with Crippen LogP contribution in [-0.2, 0) is 25.5 Å². The summed E-state index contributed by atoms with van der Waals surface area (Å²) in [6.07, 6.45) is 5.14. The molecule has 1 fully saturated rings. The highest BCUT2D eigenvalue weighted by molar-refractivity contribution is 5.83. The van der Waals surface area contributed by atoms with Crippen molar-refractivity contribution in [2.24, 2.45) is 5.92 Å². The van der Waals surface area contributed by atoms with E-state index in [4.69, 9.17) is 4.74 Å². The second-order valence-corrected chi connectivity index (χ2v) is 6.28. The number of hydrogen-bond donors (Lipinski definition) is 2. The Morgan fingerprint density at radius 2 is 2.12 bits per heavy atom. The van der Waals surface area contributed by atoms with Gasteiger partial charge in [-0.3, -0.25) is 9.59 Å². The highest BCUT2D eigenvalue weighted by Gasteiger charge is 2.27. The Morgan fingerprint density at radius 1 is 1.35 bits per heavy atom. The number of esters is 1. The number of hydrogen-bond acceptors (Lipinski definition) is 4. The molecule has 1 aliphatic heterocycles. The molecule has 140 valence electrons. The van der Waals surface area contributed by atoms with Crippen molar-refractivity contribution in [2.75, 3.05) is 13.2 Å². The van der Waals surface area contributed by atoms with Crippen LogP contribution in [-0.4, -0.2) is 37.0 Å². The van der Waals surface area contributed by atoms with Gasteiger partial charge in [-0.15, -0.1) is 0 Å². The number of aryl methyl sites for hydroxylation is 1. The Kier molecular flexibility index (Phi) is 7.86. The predicted molar refractivity (Wildman–Crippen MR) is 98.2 cm³/mol. The van der Waals surface area contributed by atoms with Gasteiger partial charge in [0.05, 0.1) is 6.61 Å². The summed E-state index contributed by atoms with van der Waals surface area (Å²) in [5.41, 5.74) is 1.09. The third-order valence-electron chi connectivity index (χ3n) is 4.28. The maximum Gasteiger partial charge on any atom is 0.330 e. The van der Waals surface area contributed by atoms with Gasteiger partial charge < -0.3 is 15.4 Å². The monoisotopic (exact) mass is 358 g/mol. The lowest BCUT2D eigenvalue weighted by Gasteiger charge is -2.18. The minimum absolute atomic E-state index is 0.00179. The van der Waals surface area contributed by atoms with E-state index in [1.54, 1.807) is 13.0 Å². The number of rotatable bonds is 9. The molecule has 26 heavy (non-hydrogen) atoms. The Morgan fingerprint density at radius 3 is 2.77 bits per heavy atom. The number of benzene rings is 1. The van der Waals surface area contributed by atoms with Crippen molar-refractivity contribution in [1.82, 2.24) is 10.6 Å². The van der Waals surface area contributed by atoms with Gasteiger partial charge in [0, 0.05) is 31.0 Å². The number of amides is 2. The highest BCUT2D eigenvalue weighted by Crippen LogP contribution is 2.17. The van der Waals surface area contributed by atoms with Crippen molar-refractivity contribution in [1.29, 1.82) is 0 Å². The molecule has 6 heteroatoms. The molecule has 0 aromatic heterocycles. The Labute approximate surface area is 154 Å². The summed E-state index contributed by atoms with van der Waals surface area (Å²) in [7, 11) is 0. The van der Waals surface area contributed by atoms with Crippen LogP contribution in [0.1, 0.15) is 31.7 Å². The van der Waals surface area contributed by atoms with Crippen LogP contribution in [0.5, 0.6) is 0 Å². The average molecular weight is 358 g/mol. The van der Waals surface area contributed by atoms with Crippen molar-refractivity contribution in [3.8, 4) is 0 Å². The largest absolute Gasteiger partial charge is 0.463 e. The van der Waals surface area contributed by atoms with E-state index in [0.29, 0.717) is 32.4 Å². The third-order valence-corrected chi connectivity index (χ3v) is 4.28. The molecule has 0 unspecified atom stereocenters. The molecule has 6 nitrogen and oxygen atoms in total. The van der Waals surface area contributed by atoms with Crippen LogP contribution in [0, 0.1) is 5.92 Å². The minimum atomic E-state index is -0.452. The maximum atomic E-state index is 12.3. The fourth-order valence-corrected chi connectivity index (χ4v) is 2.93. The summed E-state index contributed by atoms with van der Waals surface area (Å²) in [5, 5.41) is 5.71. The van der Waals surface area contributed by atoms with Crippen LogP contribution < -0.4 is 10.6 Å². The Bertz CT molecular complexity index is 642. The SMILES string of the molecule is CCOC(=O)C=C[C@H](C[C@@H]1CCNC1=O)NC(=O)CCc1ccccc1. The molecule has 1 saturated heterocycles. The van der Waals surface area contributed by atoms with E-state index in [1.165, 1.54) is 6.08 Å². The first-order valence-electron chi connectivity index (χ1n) is 9.04. The van der Waals surface area contributed by atoms with Gasteiger partial charge in [0.15, 0.2) is 0 Å². The molecule has 0 aliphatic carbocycles. The zero-order valence-electron chi connectivity index (χ0n) is 15.1. The molecule has 2 amide bonds. The standard InChI is InChI=1S/C20H26N2O4/c1-2-26-19(24)11-9-17(14-16-12-13-21-20(16)25)22-18(23)10-8-15-6-4-3-5-7-15/h3-7,9,11,16-17H,2,8,10,12-14H2,1H3,(H,21,25)(H,22,23)/t16-,17+/m0/s1. The first-order chi connectivity index (χ1) is 12.6. The van der Waals surface area contributed by atoms with Crippen molar-refractivity contribution in [3.63, 3.8) is 0 Å². The summed E-state index contributed by atoms with van der Waals surface area (Å²) < 4.78 is 4.88. The highest BCUT2D eigenvalue weighted by atomic mass is 16.5. The summed E-state index contributed by atoms with van der Waals surface area (Å²) in [6, 6.07) is 9.40. The minimum Gasteiger partial charge on any atom is -0.463 e. The zero-order chi connectivity index (χ0) is 18.8. The Hall–Kier alpha value is -2.63. The smallest absolute Gasteiger partial charge is 0.330 e. The predicted octanol–water partition coefficient (Wildman–Crippen LogP) is 1.75. The fraction of sp³-hybridized carbons (Fsp3) is 0.450. The molecule has 0 saturated carbocycles. The van der Waals surface area contributed by atoms with E-state index >= 15 is 0 Å². The number of nitrogens with one attached hydrogen (secondary N) is 2. The number of carbonyl (C=O) groups excluding carboxylic acids is 3. The number of carbonyl (C=O) groups is 3. The van der Waals surface area contributed by atoms with Crippen molar-refractivity contribution in [2.45, 2.75) is 38.6 Å². The quantitative estimate of drug-likeness (QED) is 0.520. The van der Waals surface area contributed by atoms with E-state index in [-0.39, 0.29) is 23.8 Å². The van der Waals surface area contributed by atoms with Gasteiger partial charge in [-0.1, -0.05) is 36.4 Å². The molecule has 2 N–H and O–H groups in total. The van der Waals surface area contributed by atoms with E-state index < -0.39 is 5.97 Å². The van der Waals surface area contributed by atoms with Crippen molar-refractivity contribution >= 4 is 17.8 Å². The van der Waals surface area contributed by atoms with Crippen LogP contribution >= 0.6 is 0 Å². The maximum absolute atomic E-state index is 12.3. The second kappa shape index (κ2) is 10.4. The van der Waals surface area contributed by atoms with E-state index in [2.05, 4.69) is 10.6 Å². The summed E-state index contributed by atoms with van der Waals surface area (Å²) in [6.45, 7) is 2.68. The first kappa shape index (κ1) is 19.7. The second-order valence-electron chi connectivity index (χ2n) is 6.28. The topological polar surface area (TPSA) is 84.5 Å². The lowest BCUT2D eigenvalue weighted by molar-refractivity contribution is -0.137. The normalized spacial score (nSPS) is 17.7. The zero-order valence-corrected chi connectivity index (χ0v) is 15.1. The van der Waals surface area contributed by atoms with Gasteiger partial charge in [0.1, 0.15) is 0 Å². The van der Waals surface area contributed by atoms with Crippen LogP contribution in [0.25, 0.3) is 0 Å². The van der Waals surface area contributed by atoms with Crippen LogP contribution in [0.2, 0.25) is 0 Å². The molecule has 1 aromatic rings. The van der Waals surface area contributed by atoms with Crippen LogP contribution in [0.15, 0.2) is 42.5 Å². The molecular weight excluding hydrogens is 332 g/mol. The number of ether oxygens (including phenoxy) is 1. The lowest BCUT2D eigenvalue weighted by Crippen LogP contribution is -2.36. The van der Waals surface area contributed by atoms with Crippen molar-refractivity contribution in [3.05, 3.63) is 48.0 Å². The van der Waals surface area contributed by atoms with Crippen molar-refractivity contribution < 1.29 is 19.1 Å². The summed E-state index contributed by atoms with van der Waals surface area (Å²) in [5.74, 6) is -0.711. The van der Waals surface area contributed by atoms with Gasteiger partial charge in [-0.05, 0) is 31.7 Å².